The summed E-state index contributed by atoms with van der Waals surface area (Å²) >= 11 is 0. The maximum Gasteiger partial charge on any atom is 0.120 e. The maximum absolute atomic E-state index is 5.32. The minimum absolute atomic E-state index is 0.623. The second kappa shape index (κ2) is 8.25. The zero-order valence-corrected chi connectivity index (χ0v) is 13.6. The highest BCUT2D eigenvalue weighted by Crippen LogP contribution is 2.22. The molecule has 4 heteroatoms. The molecule has 1 unspecified atom stereocenters. The minimum atomic E-state index is 0.623. The molecule has 0 saturated carbocycles. The molecule has 1 heterocycles. The van der Waals surface area contributed by atoms with Crippen LogP contribution in [0, 0.1) is 0 Å². The first-order valence-corrected chi connectivity index (χ1v) is 8.11. The molecule has 4 nitrogen and oxygen atoms in total. The number of anilines is 1. The van der Waals surface area contributed by atoms with Crippen molar-refractivity contribution < 1.29 is 4.74 Å². The van der Waals surface area contributed by atoms with Gasteiger partial charge in [-0.15, -0.1) is 0 Å². The van der Waals surface area contributed by atoms with E-state index in [1.807, 2.05) is 6.07 Å². The van der Waals surface area contributed by atoms with E-state index >= 15 is 0 Å². The van der Waals surface area contributed by atoms with Crippen molar-refractivity contribution in [1.29, 1.82) is 0 Å². The molecular formula is C17H29N3O. The van der Waals surface area contributed by atoms with Crippen LogP contribution in [0.4, 0.5) is 5.69 Å². The highest BCUT2D eigenvalue weighted by molar-refractivity contribution is 5.51. The summed E-state index contributed by atoms with van der Waals surface area (Å²) in [4.78, 5) is 5.03. The Labute approximate surface area is 129 Å². The lowest BCUT2D eigenvalue weighted by Crippen LogP contribution is -2.50. The molecule has 0 aromatic heterocycles. The molecule has 1 N–H and O–H groups in total. The fourth-order valence-corrected chi connectivity index (χ4v) is 2.93. The molecule has 118 valence electrons. The van der Waals surface area contributed by atoms with E-state index in [0.29, 0.717) is 6.04 Å². The number of nitrogens with zero attached hydrogens (tertiary/aromatic N) is 2. The zero-order valence-electron chi connectivity index (χ0n) is 13.6. The van der Waals surface area contributed by atoms with Gasteiger partial charge in [0.05, 0.1) is 7.11 Å². The lowest BCUT2D eigenvalue weighted by molar-refractivity contribution is 0.227. The van der Waals surface area contributed by atoms with Crippen LogP contribution < -0.4 is 15.0 Å². The second-order valence-corrected chi connectivity index (χ2v) is 5.65. The number of piperazine rings is 1. The fourth-order valence-electron chi connectivity index (χ4n) is 2.93. The van der Waals surface area contributed by atoms with Crippen molar-refractivity contribution in [2.75, 3.05) is 51.3 Å². The molecule has 1 aliphatic rings. The van der Waals surface area contributed by atoms with Crippen molar-refractivity contribution in [2.45, 2.75) is 26.3 Å². The number of nitrogens with one attached hydrogen (secondary N) is 1. The zero-order chi connectivity index (χ0) is 15.1. The fraction of sp³-hybridized carbons (Fsp3) is 0.647. The smallest absolute Gasteiger partial charge is 0.120 e. The topological polar surface area (TPSA) is 27.7 Å². The molecule has 0 amide bonds. The van der Waals surface area contributed by atoms with Crippen LogP contribution in [-0.2, 0) is 0 Å². The third-order valence-electron chi connectivity index (χ3n) is 4.25. The Morgan fingerprint density at radius 3 is 2.57 bits per heavy atom. The molecule has 1 aliphatic heterocycles. The van der Waals surface area contributed by atoms with Gasteiger partial charge in [0.2, 0.25) is 0 Å². The number of likely N-dealkylation sites (N-methyl/N-ethyl adjacent to an activating group) is 1. The Morgan fingerprint density at radius 2 is 1.95 bits per heavy atom. The van der Waals surface area contributed by atoms with Crippen LogP contribution in [0.3, 0.4) is 0 Å². The minimum Gasteiger partial charge on any atom is -0.497 e. The number of ether oxygens (including phenoxy) is 1. The average Bonchev–Trinajstić information content (AvgIpc) is 2.55. The summed E-state index contributed by atoms with van der Waals surface area (Å²) in [5.74, 6) is 0.938. The standard InChI is InChI=1S/C17H29N3O/c1-4-15(18-5-2)14-19-9-11-20(12-10-19)16-7-6-8-17(13-16)21-3/h6-8,13,15,18H,4-5,9-12,14H2,1-3H3. The summed E-state index contributed by atoms with van der Waals surface area (Å²) in [6.45, 7) is 11.1. The van der Waals surface area contributed by atoms with Gasteiger partial charge < -0.3 is 15.0 Å². The van der Waals surface area contributed by atoms with Gasteiger partial charge in [-0.3, -0.25) is 4.90 Å². The average molecular weight is 291 g/mol. The second-order valence-electron chi connectivity index (χ2n) is 5.65. The highest BCUT2D eigenvalue weighted by Gasteiger charge is 2.19. The van der Waals surface area contributed by atoms with Crippen molar-refractivity contribution in [3.8, 4) is 5.75 Å². The molecule has 2 rings (SSSR count). The SMILES string of the molecule is CCNC(CC)CN1CCN(c2cccc(OC)c2)CC1. The maximum atomic E-state index is 5.32. The van der Waals surface area contributed by atoms with Crippen LogP contribution in [0.1, 0.15) is 20.3 Å². The summed E-state index contributed by atoms with van der Waals surface area (Å²) in [6, 6.07) is 8.99. The van der Waals surface area contributed by atoms with Crippen molar-refractivity contribution in [2.24, 2.45) is 0 Å². The van der Waals surface area contributed by atoms with Crippen molar-refractivity contribution in [3.05, 3.63) is 24.3 Å². The van der Waals surface area contributed by atoms with Crippen LogP contribution in [0.25, 0.3) is 0 Å². The molecule has 0 radical (unpaired) electrons. The predicted molar refractivity (Wildman–Crippen MR) is 89.4 cm³/mol. The lowest BCUT2D eigenvalue weighted by Gasteiger charge is -2.37. The van der Waals surface area contributed by atoms with E-state index in [1.165, 1.54) is 12.1 Å². The Balaban J connectivity index is 1.85. The Morgan fingerprint density at radius 1 is 1.19 bits per heavy atom. The van der Waals surface area contributed by atoms with Crippen LogP contribution in [0.2, 0.25) is 0 Å². The van der Waals surface area contributed by atoms with Crippen LogP contribution in [0.5, 0.6) is 5.75 Å². The number of hydrogen-bond donors (Lipinski definition) is 1. The largest absolute Gasteiger partial charge is 0.497 e. The van der Waals surface area contributed by atoms with E-state index in [-0.39, 0.29) is 0 Å². The molecule has 0 spiro atoms. The molecule has 21 heavy (non-hydrogen) atoms. The first-order valence-electron chi connectivity index (χ1n) is 8.11. The van der Waals surface area contributed by atoms with Gasteiger partial charge in [0.25, 0.3) is 0 Å². The number of methoxy groups -OCH3 is 1. The molecule has 1 atom stereocenters. The summed E-state index contributed by atoms with van der Waals surface area (Å²) in [5, 5.41) is 3.57. The molecule has 0 aliphatic carbocycles. The Bertz CT molecular complexity index is 416. The Hall–Kier alpha value is -1.26. The van der Waals surface area contributed by atoms with E-state index in [2.05, 4.69) is 47.2 Å². The van der Waals surface area contributed by atoms with Gasteiger partial charge in [0.1, 0.15) is 5.75 Å². The highest BCUT2D eigenvalue weighted by atomic mass is 16.5. The monoisotopic (exact) mass is 291 g/mol. The molecule has 1 fully saturated rings. The van der Waals surface area contributed by atoms with Gasteiger partial charge in [-0.1, -0.05) is 19.9 Å². The van der Waals surface area contributed by atoms with E-state index < -0.39 is 0 Å². The van der Waals surface area contributed by atoms with Gasteiger partial charge in [-0.2, -0.15) is 0 Å². The molecule has 1 aromatic carbocycles. The summed E-state index contributed by atoms with van der Waals surface area (Å²) < 4.78 is 5.32. The first kappa shape index (κ1) is 16.1. The number of hydrogen-bond acceptors (Lipinski definition) is 4. The summed E-state index contributed by atoms with van der Waals surface area (Å²) in [5.41, 5.74) is 1.27. The normalized spacial score (nSPS) is 17.8. The van der Waals surface area contributed by atoms with E-state index in [9.17, 15) is 0 Å². The molecule has 0 bridgehead atoms. The lowest BCUT2D eigenvalue weighted by atomic mass is 10.2. The van der Waals surface area contributed by atoms with E-state index in [1.54, 1.807) is 7.11 Å². The predicted octanol–water partition coefficient (Wildman–Crippen LogP) is 2.21. The van der Waals surface area contributed by atoms with E-state index in [4.69, 9.17) is 4.74 Å². The van der Waals surface area contributed by atoms with E-state index in [0.717, 1.165) is 45.0 Å². The van der Waals surface area contributed by atoms with Gasteiger partial charge in [0.15, 0.2) is 0 Å². The van der Waals surface area contributed by atoms with Gasteiger partial charge in [0, 0.05) is 50.5 Å². The molecule has 1 aromatic rings. The van der Waals surface area contributed by atoms with Gasteiger partial charge >= 0.3 is 0 Å². The van der Waals surface area contributed by atoms with Crippen molar-refractivity contribution >= 4 is 5.69 Å². The van der Waals surface area contributed by atoms with Crippen molar-refractivity contribution in [1.82, 2.24) is 10.2 Å². The van der Waals surface area contributed by atoms with Gasteiger partial charge in [-0.05, 0) is 25.1 Å². The summed E-state index contributed by atoms with van der Waals surface area (Å²) in [7, 11) is 1.72. The quantitative estimate of drug-likeness (QED) is 0.833. The first-order chi connectivity index (χ1) is 10.3. The number of benzene rings is 1. The van der Waals surface area contributed by atoms with Crippen LogP contribution in [0.15, 0.2) is 24.3 Å². The summed E-state index contributed by atoms with van der Waals surface area (Å²) in [6.07, 6.45) is 1.20. The third kappa shape index (κ3) is 4.61. The van der Waals surface area contributed by atoms with Crippen LogP contribution in [-0.4, -0.2) is 57.3 Å². The molecular weight excluding hydrogens is 262 g/mol. The third-order valence-corrected chi connectivity index (χ3v) is 4.25. The Kier molecular flexibility index (Phi) is 6.33. The number of rotatable bonds is 7. The van der Waals surface area contributed by atoms with Gasteiger partial charge in [-0.25, -0.2) is 0 Å². The van der Waals surface area contributed by atoms with Crippen LogP contribution >= 0.6 is 0 Å². The molecule has 1 saturated heterocycles. The van der Waals surface area contributed by atoms with Crippen molar-refractivity contribution in [3.63, 3.8) is 0 Å².